The molecule has 1 N–H and O–H groups in total. The number of morpholine rings is 1. The van der Waals surface area contributed by atoms with Gasteiger partial charge in [-0.1, -0.05) is 6.92 Å². The van der Waals surface area contributed by atoms with Crippen LogP contribution < -0.4 is 5.32 Å². The van der Waals surface area contributed by atoms with E-state index in [-0.39, 0.29) is 17.4 Å². The van der Waals surface area contributed by atoms with E-state index >= 15 is 0 Å². The molecule has 0 bridgehead atoms. The van der Waals surface area contributed by atoms with Crippen molar-refractivity contribution in [3.05, 3.63) is 0 Å². The SMILES string of the molecule is CCC(C)(C)NC(=O)CSCC(=O)N1CCOCC1. The number of hydrogen-bond acceptors (Lipinski definition) is 4. The predicted octanol–water partition coefficient (Wildman–Crippen LogP) is 0.883. The Labute approximate surface area is 119 Å². The zero-order chi connectivity index (χ0) is 14.3. The van der Waals surface area contributed by atoms with Gasteiger partial charge in [0.2, 0.25) is 11.8 Å². The molecule has 0 spiro atoms. The lowest BCUT2D eigenvalue weighted by molar-refractivity contribution is -0.132. The number of rotatable bonds is 6. The number of nitrogens with one attached hydrogen (secondary N) is 1. The highest BCUT2D eigenvalue weighted by Crippen LogP contribution is 2.09. The highest BCUT2D eigenvalue weighted by molar-refractivity contribution is 8.00. The number of thioether (sulfide) groups is 1. The summed E-state index contributed by atoms with van der Waals surface area (Å²) < 4.78 is 5.19. The van der Waals surface area contributed by atoms with Crippen LogP contribution in [0.4, 0.5) is 0 Å². The summed E-state index contributed by atoms with van der Waals surface area (Å²) in [5.41, 5.74) is -0.175. The molecule has 0 saturated carbocycles. The topological polar surface area (TPSA) is 58.6 Å². The van der Waals surface area contributed by atoms with Crippen molar-refractivity contribution in [2.24, 2.45) is 0 Å². The van der Waals surface area contributed by atoms with E-state index in [0.29, 0.717) is 37.8 Å². The zero-order valence-corrected chi connectivity index (χ0v) is 12.8. The van der Waals surface area contributed by atoms with Gasteiger partial charge in [-0.25, -0.2) is 0 Å². The van der Waals surface area contributed by atoms with Gasteiger partial charge in [0.25, 0.3) is 0 Å². The third kappa shape index (κ3) is 6.29. The molecule has 1 saturated heterocycles. The standard InChI is InChI=1S/C13H24N2O3S/c1-4-13(2,3)14-11(16)9-19-10-12(17)15-5-7-18-8-6-15/h4-10H2,1-3H3,(H,14,16). The average Bonchev–Trinajstić information content (AvgIpc) is 2.39. The maximum absolute atomic E-state index is 11.8. The second-order valence-electron chi connectivity index (χ2n) is 5.27. The van der Waals surface area contributed by atoms with Crippen LogP contribution >= 0.6 is 11.8 Å². The van der Waals surface area contributed by atoms with E-state index in [1.807, 2.05) is 20.8 Å². The van der Waals surface area contributed by atoms with Crippen LogP contribution in [0.3, 0.4) is 0 Å². The monoisotopic (exact) mass is 288 g/mol. The average molecular weight is 288 g/mol. The first-order valence-corrected chi connectivity index (χ1v) is 7.84. The second-order valence-corrected chi connectivity index (χ2v) is 6.26. The molecule has 2 amide bonds. The number of amides is 2. The van der Waals surface area contributed by atoms with Gasteiger partial charge in [0.05, 0.1) is 24.7 Å². The lowest BCUT2D eigenvalue weighted by Crippen LogP contribution is -2.44. The van der Waals surface area contributed by atoms with Gasteiger partial charge in [-0.15, -0.1) is 11.8 Å². The molecule has 1 rings (SSSR count). The molecule has 5 nitrogen and oxygen atoms in total. The summed E-state index contributed by atoms with van der Waals surface area (Å²) in [6.45, 7) is 8.57. The molecule has 1 aliphatic heterocycles. The van der Waals surface area contributed by atoms with E-state index in [1.54, 1.807) is 4.90 Å². The minimum atomic E-state index is -0.175. The third-order valence-corrected chi connectivity index (χ3v) is 4.10. The molecule has 6 heteroatoms. The molecule has 1 fully saturated rings. The second kappa shape index (κ2) is 7.75. The number of ether oxygens (including phenoxy) is 1. The molecule has 0 unspecified atom stereocenters. The summed E-state index contributed by atoms with van der Waals surface area (Å²) in [6.07, 6.45) is 0.885. The third-order valence-electron chi connectivity index (χ3n) is 3.18. The van der Waals surface area contributed by atoms with E-state index in [2.05, 4.69) is 5.32 Å². The molecule has 19 heavy (non-hydrogen) atoms. The minimum absolute atomic E-state index is 0.00775. The molecule has 0 aromatic rings. The molecule has 0 radical (unpaired) electrons. The lowest BCUT2D eigenvalue weighted by atomic mass is 10.0. The molecular weight excluding hydrogens is 264 g/mol. The Balaban J connectivity index is 2.19. The van der Waals surface area contributed by atoms with Crippen LogP contribution in [0.2, 0.25) is 0 Å². The maximum atomic E-state index is 11.8. The molecule has 0 aromatic heterocycles. The fourth-order valence-electron chi connectivity index (χ4n) is 1.64. The maximum Gasteiger partial charge on any atom is 0.232 e. The fraction of sp³-hybridized carbons (Fsp3) is 0.846. The Morgan fingerprint density at radius 3 is 2.47 bits per heavy atom. The van der Waals surface area contributed by atoms with Crippen molar-refractivity contribution in [2.75, 3.05) is 37.8 Å². The van der Waals surface area contributed by atoms with E-state index < -0.39 is 0 Å². The Morgan fingerprint density at radius 2 is 1.89 bits per heavy atom. The number of carbonyl (C=O) groups is 2. The normalized spacial score (nSPS) is 16.3. The lowest BCUT2D eigenvalue weighted by Gasteiger charge is -2.27. The first kappa shape index (κ1) is 16.3. The molecule has 0 aromatic carbocycles. The van der Waals surface area contributed by atoms with Gasteiger partial charge in [0.1, 0.15) is 0 Å². The van der Waals surface area contributed by atoms with Crippen LogP contribution in [0.25, 0.3) is 0 Å². The van der Waals surface area contributed by atoms with Crippen LogP contribution in [-0.2, 0) is 14.3 Å². The van der Waals surface area contributed by atoms with E-state index in [4.69, 9.17) is 4.74 Å². The van der Waals surface area contributed by atoms with Crippen molar-refractivity contribution in [3.63, 3.8) is 0 Å². The number of hydrogen-bond donors (Lipinski definition) is 1. The largest absolute Gasteiger partial charge is 0.378 e. The van der Waals surface area contributed by atoms with Gasteiger partial charge in [0, 0.05) is 18.6 Å². The first-order valence-electron chi connectivity index (χ1n) is 6.69. The van der Waals surface area contributed by atoms with Gasteiger partial charge in [-0.05, 0) is 20.3 Å². The molecular formula is C13H24N2O3S. The predicted molar refractivity (Wildman–Crippen MR) is 77.2 cm³/mol. The zero-order valence-electron chi connectivity index (χ0n) is 12.0. The van der Waals surface area contributed by atoms with Crippen LogP contribution in [-0.4, -0.2) is 60.1 Å². The van der Waals surface area contributed by atoms with E-state index in [0.717, 1.165) is 6.42 Å². The first-order chi connectivity index (χ1) is 8.94. The minimum Gasteiger partial charge on any atom is -0.378 e. The molecule has 0 aliphatic carbocycles. The van der Waals surface area contributed by atoms with Crippen LogP contribution in [0.5, 0.6) is 0 Å². The summed E-state index contributed by atoms with van der Waals surface area (Å²) in [5, 5.41) is 2.95. The number of nitrogens with zero attached hydrogens (tertiary/aromatic N) is 1. The highest BCUT2D eigenvalue weighted by atomic mass is 32.2. The highest BCUT2D eigenvalue weighted by Gasteiger charge is 2.19. The summed E-state index contributed by atoms with van der Waals surface area (Å²) >= 11 is 1.37. The number of carbonyl (C=O) groups excluding carboxylic acids is 2. The van der Waals surface area contributed by atoms with Crippen molar-refractivity contribution < 1.29 is 14.3 Å². The Bertz CT molecular complexity index is 315. The van der Waals surface area contributed by atoms with Crippen LogP contribution in [0.1, 0.15) is 27.2 Å². The van der Waals surface area contributed by atoms with E-state index in [1.165, 1.54) is 11.8 Å². The van der Waals surface area contributed by atoms with E-state index in [9.17, 15) is 9.59 Å². The summed E-state index contributed by atoms with van der Waals surface area (Å²) in [6, 6.07) is 0. The quantitative estimate of drug-likeness (QED) is 0.788. The molecule has 1 heterocycles. The van der Waals surface area contributed by atoms with Gasteiger partial charge < -0.3 is 15.0 Å². The Morgan fingerprint density at radius 1 is 1.26 bits per heavy atom. The Hall–Kier alpha value is -0.750. The molecule has 110 valence electrons. The molecule has 1 aliphatic rings. The Kier molecular flexibility index (Phi) is 6.65. The van der Waals surface area contributed by atoms with Crippen LogP contribution in [0.15, 0.2) is 0 Å². The van der Waals surface area contributed by atoms with Crippen molar-refractivity contribution >= 4 is 23.6 Å². The van der Waals surface area contributed by atoms with Gasteiger partial charge in [-0.2, -0.15) is 0 Å². The van der Waals surface area contributed by atoms with Crippen molar-refractivity contribution in [2.45, 2.75) is 32.7 Å². The van der Waals surface area contributed by atoms with Gasteiger partial charge in [-0.3, -0.25) is 9.59 Å². The molecule has 0 atom stereocenters. The van der Waals surface area contributed by atoms with Crippen LogP contribution in [0, 0.1) is 0 Å². The smallest absolute Gasteiger partial charge is 0.232 e. The summed E-state index contributed by atoms with van der Waals surface area (Å²) in [7, 11) is 0. The fourth-order valence-corrected chi connectivity index (χ4v) is 2.35. The summed E-state index contributed by atoms with van der Waals surface area (Å²) in [5.74, 6) is 0.780. The van der Waals surface area contributed by atoms with Crippen molar-refractivity contribution in [1.82, 2.24) is 10.2 Å². The van der Waals surface area contributed by atoms with Gasteiger partial charge >= 0.3 is 0 Å². The summed E-state index contributed by atoms with van der Waals surface area (Å²) in [4.78, 5) is 25.3. The van der Waals surface area contributed by atoms with Crippen molar-refractivity contribution in [3.8, 4) is 0 Å². The van der Waals surface area contributed by atoms with Gasteiger partial charge in [0.15, 0.2) is 0 Å². The van der Waals surface area contributed by atoms with Crippen molar-refractivity contribution in [1.29, 1.82) is 0 Å².